The van der Waals surface area contributed by atoms with Crippen molar-refractivity contribution in [1.29, 1.82) is 0 Å². The number of piperazine rings is 1. The Morgan fingerprint density at radius 3 is 2.75 bits per heavy atom. The molecule has 0 bridgehead atoms. The normalized spacial score (nSPS) is 24.3. The minimum atomic E-state index is -0.218. The number of nitrogens with two attached hydrogens (primary N) is 1. The molecule has 88 valence electrons. The molecular weight excluding hydrogens is 205 g/mol. The average molecular weight is 223 g/mol. The van der Waals surface area contributed by atoms with E-state index in [-0.39, 0.29) is 17.9 Å². The first kappa shape index (κ1) is 11.5. The second kappa shape index (κ2) is 4.91. The lowest BCUT2D eigenvalue weighted by Crippen LogP contribution is -2.53. The van der Waals surface area contributed by atoms with Crippen LogP contribution in [0.1, 0.15) is 11.6 Å². The Hall–Kier alpha value is -0.970. The number of likely N-dealkylation sites (N-methyl/N-ethyl adjacent to an activating group) is 1. The monoisotopic (exact) mass is 223 g/mol. The summed E-state index contributed by atoms with van der Waals surface area (Å²) in [4.78, 5) is 2.25. The highest BCUT2D eigenvalue weighted by Crippen LogP contribution is 2.16. The van der Waals surface area contributed by atoms with Crippen molar-refractivity contribution in [2.45, 2.75) is 12.1 Å². The van der Waals surface area contributed by atoms with E-state index >= 15 is 0 Å². The molecule has 0 radical (unpaired) electrons. The Labute approximate surface area is 95.4 Å². The average Bonchev–Trinajstić information content (AvgIpc) is 2.29. The molecule has 2 rings (SSSR count). The zero-order valence-electron chi connectivity index (χ0n) is 9.49. The summed E-state index contributed by atoms with van der Waals surface area (Å²) in [5.41, 5.74) is 7.15. The van der Waals surface area contributed by atoms with Gasteiger partial charge >= 0.3 is 0 Å². The molecule has 1 saturated heterocycles. The Bertz CT molecular complexity index is 339. The Kier molecular flexibility index (Phi) is 3.53. The first-order valence-corrected chi connectivity index (χ1v) is 5.60. The van der Waals surface area contributed by atoms with E-state index in [2.05, 4.69) is 17.3 Å². The van der Waals surface area contributed by atoms with E-state index in [1.54, 1.807) is 12.1 Å². The van der Waals surface area contributed by atoms with E-state index in [0.717, 1.165) is 25.2 Å². The lowest BCUT2D eigenvalue weighted by molar-refractivity contribution is 0.220. The summed E-state index contributed by atoms with van der Waals surface area (Å²) in [5.74, 6) is -0.218. The van der Waals surface area contributed by atoms with E-state index in [9.17, 15) is 4.39 Å². The molecule has 4 heteroatoms. The van der Waals surface area contributed by atoms with Gasteiger partial charge in [-0.05, 0) is 24.7 Å². The molecule has 3 nitrogen and oxygen atoms in total. The van der Waals surface area contributed by atoms with Crippen molar-refractivity contribution >= 4 is 0 Å². The van der Waals surface area contributed by atoms with Crippen LogP contribution in [-0.4, -0.2) is 37.6 Å². The summed E-state index contributed by atoms with van der Waals surface area (Å²) >= 11 is 0. The van der Waals surface area contributed by atoms with Crippen molar-refractivity contribution in [3.05, 3.63) is 35.6 Å². The number of nitrogens with one attached hydrogen (secondary N) is 1. The van der Waals surface area contributed by atoms with Crippen LogP contribution in [0.2, 0.25) is 0 Å². The van der Waals surface area contributed by atoms with Gasteiger partial charge in [0.2, 0.25) is 0 Å². The smallest absolute Gasteiger partial charge is 0.123 e. The van der Waals surface area contributed by atoms with Crippen molar-refractivity contribution < 1.29 is 4.39 Å². The second-order valence-electron chi connectivity index (χ2n) is 4.40. The molecule has 0 saturated carbocycles. The van der Waals surface area contributed by atoms with Crippen LogP contribution in [0.25, 0.3) is 0 Å². The molecule has 2 unspecified atom stereocenters. The number of benzene rings is 1. The SMILES string of the molecule is CN1CCNC(C(N)c2ccc(F)cc2)C1. The van der Waals surface area contributed by atoms with Gasteiger partial charge in [0.15, 0.2) is 0 Å². The molecule has 1 heterocycles. The zero-order valence-corrected chi connectivity index (χ0v) is 9.49. The quantitative estimate of drug-likeness (QED) is 0.776. The molecule has 3 N–H and O–H groups in total. The minimum Gasteiger partial charge on any atom is -0.323 e. The zero-order chi connectivity index (χ0) is 11.5. The largest absolute Gasteiger partial charge is 0.323 e. The van der Waals surface area contributed by atoms with Crippen molar-refractivity contribution in [2.24, 2.45) is 5.73 Å². The Morgan fingerprint density at radius 2 is 2.12 bits per heavy atom. The second-order valence-corrected chi connectivity index (χ2v) is 4.40. The van der Waals surface area contributed by atoms with Crippen molar-refractivity contribution in [3.8, 4) is 0 Å². The highest BCUT2D eigenvalue weighted by molar-refractivity contribution is 5.21. The van der Waals surface area contributed by atoms with Gasteiger partial charge in [-0.3, -0.25) is 0 Å². The lowest BCUT2D eigenvalue weighted by atomic mass is 9.98. The molecule has 1 aliphatic heterocycles. The molecule has 2 atom stereocenters. The van der Waals surface area contributed by atoms with Crippen molar-refractivity contribution in [1.82, 2.24) is 10.2 Å². The van der Waals surface area contributed by atoms with E-state index in [1.165, 1.54) is 12.1 Å². The van der Waals surface area contributed by atoms with Crippen LogP contribution in [0.4, 0.5) is 4.39 Å². The number of nitrogens with zero attached hydrogens (tertiary/aromatic N) is 1. The van der Waals surface area contributed by atoms with E-state index in [4.69, 9.17) is 5.73 Å². The standard InChI is InChI=1S/C12H18FN3/c1-16-7-6-15-11(8-16)12(14)9-2-4-10(13)5-3-9/h2-5,11-12,15H,6-8,14H2,1H3. The molecule has 1 aromatic rings. The van der Waals surface area contributed by atoms with Crippen LogP contribution in [0, 0.1) is 5.82 Å². The molecule has 16 heavy (non-hydrogen) atoms. The molecule has 0 aromatic heterocycles. The first-order valence-electron chi connectivity index (χ1n) is 5.60. The van der Waals surface area contributed by atoms with Gasteiger partial charge in [-0.2, -0.15) is 0 Å². The first-order chi connectivity index (χ1) is 7.66. The van der Waals surface area contributed by atoms with Crippen LogP contribution in [0.15, 0.2) is 24.3 Å². The summed E-state index contributed by atoms with van der Waals surface area (Å²) < 4.78 is 12.8. The van der Waals surface area contributed by atoms with Crippen molar-refractivity contribution in [3.63, 3.8) is 0 Å². The summed E-state index contributed by atoms with van der Waals surface area (Å²) in [7, 11) is 2.09. The summed E-state index contributed by atoms with van der Waals surface area (Å²) in [5, 5.41) is 3.40. The Balaban J connectivity index is 2.06. The third kappa shape index (κ3) is 2.58. The fourth-order valence-electron chi connectivity index (χ4n) is 2.09. The van der Waals surface area contributed by atoms with Gasteiger partial charge in [0.1, 0.15) is 5.82 Å². The van der Waals surface area contributed by atoms with Crippen LogP contribution < -0.4 is 11.1 Å². The maximum Gasteiger partial charge on any atom is 0.123 e. The molecular formula is C12H18FN3. The summed E-state index contributed by atoms with van der Waals surface area (Å²) in [6.07, 6.45) is 0. The predicted molar refractivity (Wildman–Crippen MR) is 62.6 cm³/mol. The number of rotatable bonds is 2. The molecule has 1 aromatic carbocycles. The van der Waals surface area contributed by atoms with Crippen LogP contribution in [-0.2, 0) is 0 Å². The van der Waals surface area contributed by atoms with Gasteiger partial charge < -0.3 is 16.0 Å². The third-order valence-electron chi connectivity index (χ3n) is 3.10. The number of hydrogen-bond acceptors (Lipinski definition) is 3. The topological polar surface area (TPSA) is 41.3 Å². The summed E-state index contributed by atoms with van der Waals surface area (Å²) in [6, 6.07) is 6.60. The van der Waals surface area contributed by atoms with Gasteiger partial charge in [0.25, 0.3) is 0 Å². The highest BCUT2D eigenvalue weighted by Gasteiger charge is 2.23. The lowest BCUT2D eigenvalue weighted by Gasteiger charge is -2.34. The van der Waals surface area contributed by atoms with E-state index < -0.39 is 0 Å². The number of hydrogen-bond donors (Lipinski definition) is 2. The van der Waals surface area contributed by atoms with Crippen LogP contribution >= 0.6 is 0 Å². The molecule has 0 aliphatic carbocycles. The maximum absolute atomic E-state index is 12.8. The van der Waals surface area contributed by atoms with Gasteiger partial charge in [0.05, 0.1) is 0 Å². The van der Waals surface area contributed by atoms with Gasteiger partial charge in [-0.25, -0.2) is 4.39 Å². The van der Waals surface area contributed by atoms with Gasteiger partial charge in [0, 0.05) is 31.7 Å². The predicted octanol–water partition coefficient (Wildman–Crippen LogP) is 0.729. The minimum absolute atomic E-state index is 0.0802. The molecule has 1 aliphatic rings. The fourth-order valence-corrected chi connectivity index (χ4v) is 2.09. The molecule has 1 fully saturated rings. The summed E-state index contributed by atoms with van der Waals surface area (Å²) in [6.45, 7) is 2.93. The van der Waals surface area contributed by atoms with Crippen LogP contribution in [0.3, 0.4) is 0 Å². The van der Waals surface area contributed by atoms with Crippen molar-refractivity contribution in [2.75, 3.05) is 26.7 Å². The van der Waals surface area contributed by atoms with E-state index in [0.29, 0.717) is 0 Å². The van der Waals surface area contributed by atoms with Gasteiger partial charge in [-0.1, -0.05) is 12.1 Å². The van der Waals surface area contributed by atoms with E-state index in [1.807, 2.05) is 0 Å². The maximum atomic E-state index is 12.8. The Morgan fingerprint density at radius 1 is 1.44 bits per heavy atom. The fraction of sp³-hybridized carbons (Fsp3) is 0.500. The number of halogens is 1. The molecule has 0 amide bonds. The highest BCUT2D eigenvalue weighted by atomic mass is 19.1. The molecule has 0 spiro atoms. The third-order valence-corrected chi connectivity index (χ3v) is 3.10. The van der Waals surface area contributed by atoms with Gasteiger partial charge in [-0.15, -0.1) is 0 Å². The van der Waals surface area contributed by atoms with Crippen LogP contribution in [0.5, 0.6) is 0 Å².